The maximum atomic E-state index is 12.7. The lowest BCUT2D eigenvalue weighted by Crippen LogP contribution is -2.24. The molecule has 0 aliphatic carbocycles. The first kappa shape index (κ1) is 19.9. The number of nitrogens with zero attached hydrogens (tertiary/aromatic N) is 3. The van der Waals surface area contributed by atoms with Crippen molar-refractivity contribution in [1.82, 2.24) is 9.78 Å². The van der Waals surface area contributed by atoms with Crippen LogP contribution < -0.4 is 10.2 Å². The lowest BCUT2D eigenvalue weighted by Gasteiger charge is -2.19. The molecule has 0 unspecified atom stereocenters. The molecule has 3 aromatic rings. The van der Waals surface area contributed by atoms with Crippen LogP contribution in [0.2, 0.25) is 0 Å². The molecule has 0 spiro atoms. The van der Waals surface area contributed by atoms with Crippen LogP contribution in [0.1, 0.15) is 45.7 Å². The van der Waals surface area contributed by atoms with E-state index in [9.17, 15) is 9.59 Å². The van der Waals surface area contributed by atoms with Gasteiger partial charge in [-0.15, -0.1) is 0 Å². The van der Waals surface area contributed by atoms with E-state index >= 15 is 0 Å². The fraction of sp³-hybridized carbons (Fsp3) is 0.292. The Morgan fingerprint density at radius 1 is 1.07 bits per heavy atom. The number of benzene rings is 2. The summed E-state index contributed by atoms with van der Waals surface area (Å²) in [4.78, 5) is 26.5. The normalized spacial score (nSPS) is 13.7. The Kier molecular flexibility index (Phi) is 5.40. The summed E-state index contributed by atoms with van der Waals surface area (Å²) in [5.41, 5.74) is 6.42. The molecule has 1 saturated heterocycles. The molecule has 0 atom stereocenters. The number of carbonyl (C=O) groups is 2. The van der Waals surface area contributed by atoms with Gasteiger partial charge in [-0.1, -0.05) is 12.1 Å². The van der Waals surface area contributed by atoms with Crippen LogP contribution in [0, 0.1) is 20.8 Å². The second kappa shape index (κ2) is 8.14. The summed E-state index contributed by atoms with van der Waals surface area (Å²) in [7, 11) is 0. The van der Waals surface area contributed by atoms with Crippen LogP contribution in [0.15, 0.2) is 48.5 Å². The minimum Gasteiger partial charge on any atom is -0.322 e. The highest BCUT2D eigenvalue weighted by Crippen LogP contribution is 2.27. The fourth-order valence-corrected chi connectivity index (χ4v) is 3.91. The third-order valence-electron chi connectivity index (χ3n) is 5.47. The molecule has 6 heteroatoms. The van der Waals surface area contributed by atoms with Crippen LogP contribution in [0.4, 0.5) is 11.4 Å². The molecule has 2 amide bonds. The number of amides is 2. The van der Waals surface area contributed by atoms with Crippen LogP contribution in [-0.2, 0) is 11.3 Å². The predicted molar refractivity (Wildman–Crippen MR) is 118 cm³/mol. The largest absolute Gasteiger partial charge is 0.322 e. The third-order valence-corrected chi connectivity index (χ3v) is 5.47. The van der Waals surface area contributed by atoms with Gasteiger partial charge >= 0.3 is 0 Å². The van der Waals surface area contributed by atoms with Crippen LogP contribution in [0.25, 0.3) is 0 Å². The first-order chi connectivity index (χ1) is 14.4. The van der Waals surface area contributed by atoms with E-state index in [4.69, 9.17) is 0 Å². The summed E-state index contributed by atoms with van der Waals surface area (Å²) >= 11 is 0. The van der Waals surface area contributed by atoms with Crippen molar-refractivity contribution in [3.05, 3.63) is 76.6 Å². The van der Waals surface area contributed by atoms with Crippen molar-refractivity contribution in [2.75, 3.05) is 16.8 Å². The van der Waals surface area contributed by atoms with E-state index in [0.29, 0.717) is 18.5 Å². The van der Waals surface area contributed by atoms with Crippen LogP contribution in [0.5, 0.6) is 0 Å². The first-order valence-corrected chi connectivity index (χ1v) is 10.2. The number of nitrogens with one attached hydrogen (secondary N) is 1. The van der Waals surface area contributed by atoms with E-state index < -0.39 is 0 Å². The second-order valence-electron chi connectivity index (χ2n) is 7.89. The molecule has 0 radical (unpaired) electrons. The number of aryl methyl sites for hydroxylation is 3. The fourth-order valence-electron chi connectivity index (χ4n) is 3.91. The van der Waals surface area contributed by atoms with E-state index in [1.165, 1.54) is 0 Å². The molecule has 1 aliphatic rings. The van der Waals surface area contributed by atoms with Crippen LogP contribution in [0.3, 0.4) is 0 Å². The van der Waals surface area contributed by atoms with Gasteiger partial charge in [0.15, 0.2) is 0 Å². The Morgan fingerprint density at radius 2 is 1.83 bits per heavy atom. The molecular formula is C24H26N4O2. The summed E-state index contributed by atoms with van der Waals surface area (Å²) in [5.74, 6) is 0.00695. The van der Waals surface area contributed by atoms with Crippen molar-refractivity contribution in [2.45, 2.75) is 40.2 Å². The molecule has 0 bridgehead atoms. The topological polar surface area (TPSA) is 67.2 Å². The lowest BCUT2D eigenvalue weighted by molar-refractivity contribution is -0.117. The zero-order chi connectivity index (χ0) is 21.3. The van der Waals surface area contributed by atoms with E-state index in [2.05, 4.69) is 16.5 Å². The van der Waals surface area contributed by atoms with E-state index in [-0.39, 0.29) is 11.8 Å². The van der Waals surface area contributed by atoms with Gasteiger partial charge in [0.05, 0.1) is 12.2 Å². The van der Waals surface area contributed by atoms with Crippen molar-refractivity contribution in [2.24, 2.45) is 0 Å². The molecule has 6 nitrogen and oxygen atoms in total. The zero-order valence-electron chi connectivity index (χ0n) is 17.6. The van der Waals surface area contributed by atoms with Gasteiger partial charge in [0.25, 0.3) is 5.91 Å². The maximum Gasteiger partial charge on any atom is 0.255 e. The van der Waals surface area contributed by atoms with Gasteiger partial charge in [-0.2, -0.15) is 5.10 Å². The average Bonchev–Trinajstić information content (AvgIpc) is 3.27. The molecular weight excluding hydrogens is 376 g/mol. The molecule has 2 heterocycles. The minimum atomic E-state index is -0.155. The predicted octanol–water partition coefficient (Wildman–Crippen LogP) is 4.24. The van der Waals surface area contributed by atoms with E-state index in [0.717, 1.165) is 46.9 Å². The Bertz CT molecular complexity index is 1100. The van der Waals surface area contributed by atoms with Gasteiger partial charge in [0.2, 0.25) is 5.91 Å². The molecule has 1 fully saturated rings. The van der Waals surface area contributed by atoms with Gasteiger partial charge in [0, 0.05) is 35.6 Å². The molecule has 1 aromatic heterocycles. The zero-order valence-corrected chi connectivity index (χ0v) is 17.6. The van der Waals surface area contributed by atoms with Crippen molar-refractivity contribution < 1.29 is 9.59 Å². The smallest absolute Gasteiger partial charge is 0.255 e. The number of aromatic nitrogens is 2. The van der Waals surface area contributed by atoms with E-state index in [1.54, 1.807) is 0 Å². The minimum absolute atomic E-state index is 0.155. The van der Waals surface area contributed by atoms with Gasteiger partial charge in [0.1, 0.15) is 0 Å². The number of hydrogen-bond acceptors (Lipinski definition) is 3. The van der Waals surface area contributed by atoms with Gasteiger partial charge < -0.3 is 10.2 Å². The Labute approximate surface area is 176 Å². The summed E-state index contributed by atoms with van der Waals surface area (Å²) in [6.45, 7) is 7.42. The number of carbonyl (C=O) groups excluding carboxylic acids is 2. The standard InChI is InChI=1S/C24H26N4O2/c1-16-13-21(10-11-22(16)27-12-4-5-23(27)29)25-24(30)20-8-6-19(7-9-20)15-28-18(3)14-17(2)26-28/h6-11,13-14H,4-5,12,15H2,1-3H3,(H,25,30). The summed E-state index contributed by atoms with van der Waals surface area (Å²) in [6, 6.07) is 15.3. The quantitative estimate of drug-likeness (QED) is 0.694. The van der Waals surface area contributed by atoms with Crippen molar-refractivity contribution >= 4 is 23.2 Å². The number of rotatable bonds is 5. The van der Waals surface area contributed by atoms with Crippen molar-refractivity contribution in [3.8, 4) is 0 Å². The molecule has 2 aromatic carbocycles. The highest BCUT2D eigenvalue weighted by atomic mass is 16.2. The molecule has 1 N–H and O–H groups in total. The summed E-state index contributed by atoms with van der Waals surface area (Å²) < 4.78 is 1.96. The molecule has 30 heavy (non-hydrogen) atoms. The van der Waals surface area contributed by atoms with Crippen LogP contribution >= 0.6 is 0 Å². The Hall–Kier alpha value is -3.41. The molecule has 1 aliphatic heterocycles. The molecule has 4 rings (SSSR count). The highest BCUT2D eigenvalue weighted by Gasteiger charge is 2.23. The Balaban J connectivity index is 1.43. The first-order valence-electron chi connectivity index (χ1n) is 10.2. The molecule has 154 valence electrons. The summed E-state index contributed by atoms with van der Waals surface area (Å²) in [6.07, 6.45) is 1.50. The van der Waals surface area contributed by atoms with Crippen LogP contribution in [-0.4, -0.2) is 28.1 Å². The molecule has 0 saturated carbocycles. The van der Waals surface area contributed by atoms with Crippen molar-refractivity contribution in [1.29, 1.82) is 0 Å². The van der Waals surface area contributed by atoms with Gasteiger partial charge in [-0.25, -0.2) is 0 Å². The average molecular weight is 402 g/mol. The van der Waals surface area contributed by atoms with Gasteiger partial charge in [-0.05, 0) is 74.7 Å². The van der Waals surface area contributed by atoms with E-state index in [1.807, 2.05) is 72.8 Å². The highest BCUT2D eigenvalue weighted by molar-refractivity contribution is 6.04. The third kappa shape index (κ3) is 4.13. The summed E-state index contributed by atoms with van der Waals surface area (Å²) in [5, 5.41) is 7.43. The lowest BCUT2D eigenvalue weighted by atomic mass is 10.1. The Morgan fingerprint density at radius 3 is 2.43 bits per heavy atom. The number of anilines is 2. The maximum absolute atomic E-state index is 12.7. The monoisotopic (exact) mass is 402 g/mol. The van der Waals surface area contributed by atoms with Gasteiger partial charge in [-0.3, -0.25) is 14.3 Å². The van der Waals surface area contributed by atoms with Crippen molar-refractivity contribution in [3.63, 3.8) is 0 Å². The second-order valence-corrected chi connectivity index (χ2v) is 7.89. The number of hydrogen-bond donors (Lipinski definition) is 1. The SMILES string of the molecule is Cc1cc(C)n(Cc2ccc(C(=O)Nc3ccc(N4CCCC4=O)c(C)c3)cc2)n1.